The van der Waals surface area contributed by atoms with Crippen molar-refractivity contribution in [2.75, 3.05) is 18.9 Å². The van der Waals surface area contributed by atoms with Crippen LogP contribution in [0.3, 0.4) is 0 Å². The molecule has 3 rings (SSSR count). The van der Waals surface area contributed by atoms with Crippen LogP contribution in [-0.4, -0.2) is 36.3 Å². The quantitative estimate of drug-likeness (QED) is 0.880. The van der Waals surface area contributed by atoms with Gasteiger partial charge in [0.25, 0.3) is 0 Å². The molecule has 23 heavy (non-hydrogen) atoms. The lowest BCUT2D eigenvalue weighted by Crippen LogP contribution is -2.47. The second kappa shape index (κ2) is 7.32. The zero-order chi connectivity index (χ0) is 15.7. The van der Waals surface area contributed by atoms with Gasteiger partial charge in [0.2, 0.25) is 11.8 Å². The lowest BCUT2D eigenvalue weighted by atomic mass is 9.84. The van der Waals surface area contributed by atoms with Gasteiger partial charge in [0, 0.05) is 18.8 Å². The Bertz CT molecular complexity index is 564. The number of nitrogens with zero attached hydrogens (tertiary/aromatic N) is 1. The predicted molar refractivity (Wildman–Crippen MR) is 92.3 cm³/mol. The molecule has 2 aliphatic carbocycles. The first-order valence-corrected chi connectivity index (χ1v) is 7.91. The predicted octanol–water partition coefficient (Wildman–Crippen LogP) is 1.88. The molecule has 2 saturated carbocycles. The molecule has 0 radical (unpaired) electrons. The Kier molecular flexibility index (Phi) is 5.65. The maximum Gasteiger partial charge on any atom is 0.243 e. The highest BCUT2D eigenvalue weighted by atomic mass is 35.5. The van der Waals surface area contributed by atoms with E-state index in [0.717, 1.165) is 24.9 Å². The van der Waals surface area contributed by atoms with Crippen molar-refractivity contribution in [1.29, 1.82) is 0 Å². The number of nitrogens with one attached hydrogen (secondary N) is 1. The molecule has 0 heterocycles. The normalized spacial score (nSPS) is 28.1. The summed E-state index contributed by atoms with van der Waals surface area (Å²) in [6.45, 7) is 0.0638. The highest BCUT2D eigenvalue weighted by Gasteiger charge is 2.49. The maximum absolute atomic E-state index is 12.6. The van der Waals surface area contributed by atoms with Crippen LogP contribution >= 0.6 is 12.4 Å². The van der Waals surface area contributed by atoms with Crippen molar-refractivity contribution < 1.29 is 9.59 Å². The second-order valence-corrected chi connectivity index (χ2v) is 6.54. The monoisotopic (exact) mass is 337 g/mol. The summed E-state index contributed by atoms with van der Waals surface area (Å²) in [5.74, 6) is 0.632. The number of likely N-dealkylation sites (N-methyl/N-ethyl adjacent to an activating group) is 1. The maximum atomic E-state index is 12.6. The minimum absolute atomic E-state index is 0. The third kappa shape index (κ3) is 3.67. The highest BCUT2D eigenvalue weighted by molar-refractivity contribution is 5.94. The number of hydrogen-bond acceptors (Lipinski definition) is 3. The second-order valence-electron chi connectivity index (χ2n) is 6.54. The van der Waals surface area contributed by atoms with Crippen LogP contribution in [0.4, 0.5) is 5.69 Å². The van der Waals surface area contributed by atoms with E-state index in [1.807, 2.05) is 30.3 Å². The molecule has 2 bridgehead atoms. The van der Waals surface area contributed by atoms with Gasteiger partial charge in [-0.3, -0.25) is 9.59 Å². The number of hydrogen-bond donors (Lipinski definition) is 2. The van der Waals surface area contributed by atoms with Gasteiger partial charge in [-0.2, -0.15) is 0 Å². The topological polar surface area (TPSA) is 75.4 Å². The Balaban J connectivity index is 0.00000192. The van der Waals surface area contributed by atoms with Crippen LogP contribution in [0.25, 0.3) is 0 Å². The smallest absolute Gasteiger partial charge is 0.243 e. The number of anilines is 1. The number of halogens is 1. The number of benzene rings is 1. The van der Waals surface area contributed by atoms with Crippen molar-refractivity contribution in [3.8, 4) is 0 Å². The first kappa shape index (κ1) is 17.8. The molecular formula is C17H24ClN3O2. The van der Waals surface area contributed by atoms with Crippen molar-refractivity contribution in [3.63, 3.8) is 0 Å². The van der Waals surface area contributed by atoms with E-state index in [2.05, 4.69) is 5.32 Å². The van der Waals surface area contributed by atoms with Crippen LogP contribution in [0.1, 0.15) is 19.3 Å². The zero-order valence-corrected chi connectivity index (χ0v) is 14.1. The van der Waals surface area contributed by atoms with E-state index in [0.29, 0.717) is 11.8 Å². The molecule has 4 unspecified atom stereocenters. The molecule has 2 aliphatic rings. The van der Waals surface area contributed by atoms with E-state index in [-0.39, 0.29) is 42.7 Å². The summed E-state index contributed by atoms with van der Waals surface area (Å²) in [7, 11) is 1.69. The molecule has 0 aromatic heterocycles. The molecule has 3 N–H and O–H groups in total. The molecular weight excluding hydrogens is 314 g/mol. The number of amides is 2. The lowest BCUT2D eigenvalue weighted by molar-refractivity contribution is -0.138. The standard InChI is InChI=1S/C17H23N3O2.ClH/c1-20(10-14(21)19-13-5-3-2-4-6-13)17(22)15-11-7-8-12(9-11)16(15)18;/h2-6,11-12,15-16H,7-10,18H2,1H3,(H,19,21);1H. The average molecular weight is 338 g/mol. The summed E-state index contributed by atoms with van der Waals surface area (Å²) in [5.41, 5.74) is 6.95. The van der Waals surface area contributed by atoms with Gasteiger partial charge in [-0.25, -0.2) is 0 Å². The minimum atomic E-state index is -0.182. The molecule has 2 fully saturated rings. The molecule has 126 valence electrons. The number of nitrogens with two attached hydrogens (primary N) is 1. The summed E-state index contributed by atoms with van der Waals surface area (Å²) in [5, 5.41) is 2.80. The summed E-state index contributed by atoms with van der Waals surface area (Å²) < 4.78 is 0. The summed E-state index contributed by atoms with van der Waals surface area (Å²) in [6.07, 6.45) is 3.31. The number of para-hydroxylation sites is 1. The third-order valence-corrected chi connectivity index (χ3v) is 5.08. The van der Waals surface area contributed by atoms with Crippen molar-refractivity contribution in [2.24, 2.45) is 23.5 Å². The van der Waals surface area contributed by atoms with Gasteiger partial charge < -0.3 is 16.0 Å². The molecule has 1 aromatic carbocycles. The van der Waals surface area contributed by atoms with Gasteiger partial charge >= 0.3 is 0 Å². The number of fused-ring (bicyclic) bond motifs is 2. The Labute approximate surface area is 143 Å². The summed E-state index contributed by atoms with van der Waals surface area (Å²) in [6, 6.07) is 9.22. The largest absolute Gasteiger partial charge is 0.336 e. The van der Waals surface area contributed by atoms with Gasteiger partial charge in [-0.05, 0) is 43.2 Å². The van der Waals surface area contributed by atoms with E-state index in [4.69, 9.17) is 5.73 Å². The minimum Gasteiger partial charge on any atom is -0.336 e. The SMILES string of the molecule is CN(CC(=O)Nc1ccccc1)C(=O)C1C2CCC(C2)C1N.Cl. The molecule has 6 heteroatoms. The Hall–Kier alpha value is -1.59. The molecule has 5 nitrogen and oxygen atoms in total. The van der Waals surface area contributed by atoms with Crippen LogP contribution in [0.5, 0.6) is 0 Å². The number of carbonyl (C=O) groups is 2. The van der Waals surface area contributed by atoms with E-state index >= 15 is 0 Å². The van der Waals surface area contributed by atoms with E-state index < -0.39 is 0 Å². The third-order valence-electron chi connectivity index (χ3n) is 5.08. The Morgan fingerprint density at radius 1 is 1.22 bits per heavy atom. The van der Waals surface area contributed by atoms with Gasteiger partial charge in [-0.1, -0.05) is 18.2 Å². The molecule has 4 atom stereocenters. The molecule has 0 saturated heterocycles. The first-order valence-electron chi connectivity index (χ1n) is 7.91. The fourth-order valence-electron chi connectivity index (χ4n) is 3.97. The highest BCUT2D eigenvalue weighted by Crippen LogP contribution is 2.48. The van der Waals surface area contributed by atoms with Gasteiger partial charge in [-0.15, -0.1) is 12.4 Å². The van der Waals surface area contributed by atoms with Gasteiger partial charge in [0.1, 0.15) is 0 Å². The van der Waals surface area contributed by atoms with Gasteiger partial charge in [0.05, 0.1) is 12.5 Å². The van der Waals surface area contributed by atoms with Crippen molar-refractivity contribution in [1.82, 2.24) is 4.90 Å². The van der Waals surface area contributed by atoms with Crippen molar-refractivity contribution in [3.05, 3.63) is 30.3 Å². The van der Waals surface area contributed by atoms with Crippen LogP contribution in [0.2, 0.25) is 0 Å². The van der Waals surface area contributed by atoms with E-state index in [9.17, 15) is 9.59 Å². The van der Waals surface area contributed by atoms with Crippen LogP contribution in [0, 0.1) is 17.8 Å². The van der Waals surface area contributed by atoms with E-state index in [1.165, 1.54) is 4.90 Å². The molecule has 1 aromatic rings. The van der Waals surface area contributed by atoms with Crippen molar-refractivity contribution in [2.45, 2.75) is 25.3 Å². The van der Waals surface area contributed by atoms with E-state index in [1.54, 1.807) is 7.05 Å². The fourth-order valence-corrected chi connectivity index (χ4v) is 3.97. The fraction of sp³-hybridized carbons (Fsp3) is 0.529. The summed E-state index contributed by atoms with van der Waals surface area (Å²) in [4.78, 5) is 26.2. The number of rotatable bonds is 4. The van der Waals surface area contributed by atoms with Crippen LogP contribution < -0.4 is 11.1 Å². The molecule has 0 spiro atoms. The average Bonchev–Trinajstić information content (AvgIpc) is 3.08. The first-order chi connectivity index (χ1) is 10.6. The Morgan fingerprint density at radius 3 is 2.48 bits per heavy atom. The Morgan fingerprint density at radius 2 is 1.87 bits per heavy atom. The summed E-state index contributed by atoms with van der Waals surface area (Å²) >= 11 is 0. The zero-order valence-electron chi connectivity index (χ0n) is 13.3. The van der Waals surface area contributed by atoms with Gasteiger partial charge in [0.15, 0.2) is 0 Å². The lowest BCUT2D eigenvalue weighted by Gasteiger charge is -2.30. The molecule has 0 aliphatic heterocycles. The van der Waals surface area contributed by atoms with Crippen LogP contribution in [0.15, 0.2) is 30.3 Å². The van der Waals surface area contributed by atoms with Crippen LogP contribution in [-0.2, 0) is 9.59 Å². The number of carbonyl (C=O) groups excluding carboxylic acids is 2. The van der Waals surface area contributed by atoms with Crippen molar-refractivity contribution >= 4 is 29.9 Å². The molecule has 2 amide bonds.